The Morgan fingerprint density at radius 3 is 2.90 bits per heavy atom. The second-order valence-electron chi connectivity index (χ2n) is 5.49. The summed E-state index contributed by atoms with van der Waals surface area (Å²) in [5, 5.41) is 9.75. The van der Waals surface area contributed by atoms with E-state index in [0.29, 0.717) is 6.42 Å². The number of nitrogens with one attached hydrogen (secondary N) is 2. The molecular weight excluding hydrogens is 252 g/mol. The Bertz CT molecular complexity index is 602. The zero-order valence-corrected chi connectivity index (χ0v) is 11.2. The number of carbonyl (C=O) groups is 1. The Kier molecular flexibility index (Phi) is 3.28. The maximum absolute atomic E-state index is 12.0. The summed E-state index contributed by atoms with van der Waals surface area (Å²) in [6.07, 6.45) is 5.10. The molecule has 1 heterocycles. The smallest absolute Gasteiger partial charge is 0.226 e. The minimum Gasteiger partial charge on any atom is -0.326 e. The van der Waals surface area contributed by atoms with Gasteiger partial charge in [-0.1, -0.05) is 12.1 Å². The lowest BCUT2D eigenvalue weighted by Gasteiger charge is -2.37. The maximum Gasteiger partial charge on any atom is 0.226 e. The van der Waals surface area contributed by atoms with Crippen LogP contribution in [-0.4, -0.2) is 21.6 Å². The number of amides is 1. The Morgan fingerprint density at radius 2 is 2.25 bits per heavy atom. The minimum absolute atomic E-state index is 0.0195. The first-order chi connectivity index (χ1) is 9.65. The van der Waals surface area contributed by atoms with Gasteiger partial charge in [-0.3, -0.25) is 9.89 Å². The van der Waals surface area contributed by atoms with E-state index in [-0.39, 0.29) is 11.4 Å². The summed E-state index contributed by atoms with van der Waals surface area (Å²) in [4.78, 5) is 12.0. The van der Waals surface area contributed by atoms with Crippen LogP contribution in [0.4, 0.5) is 5.69 Å². The Morgan fingerprint density at radius 1 is 1.40 bits per heavy atom. The van der Waals surface area contributed by atoms with Crippen molar-refractivity contribution in [2.75, 3.05) is 5.32 Å². The predicted molar refractivity (Wildman–Crippen MR) is 78.0 cm³/mol. The van der Waals surface area contributed by atoms with E-state index in [4.69, 9.17) is 5.73 Å². The molecule has 0 atom stereocenters. The van der Waals surface area contributed by atoms with Gasteiger partial charge in [-0.2, -0.15) is 5.10 Å². The quantitative estimate of drug-likeness (QED) is 0.797. The highest BCUT2D eigenvalue weighted by molar-refractivity contribution is 5.92. The molecule has 0 aliphatic heterocycles. The molecule has 0 bridgehead atoms. The van der Waals surface area contributed by atoms with Crippen LogP contribution in [0, 0.1) is 0 Å². The molecule has 20 heavy (non-hydrogen) atoms. The van der Waals surface area contributed by atoms with Gasteiger partial charge in [0, 0.05) is 29.4 Å². The van der Waals surface area contributed by atoms with Crippen molar-refractivity contribution in [3.8, 4) is 11.3 Å². The molecule has 1 saturated carbocycles. The number of carbonyl (C=O) groups excluding carboxylic acids is 1. The summed E-state index contributed by atoms with van der Waals surface area (Å²) >= 11 is 0. The Balaban J connectivity index is 1.68. The molecule has 0 saturated heterocycles. The molecule has 5 heteroatoms. The average molecular weight is 270 g/mol. The van der Waals surface area contributed by atoms with Gasteiger partial charge >= 0.3 is 0 Å². The highest BCUT2D eigenvalue weighted by atomic mass is 16.1. The van der Waals surface area contributed by atoms with Crippen LogP contribution in [0.15, 0.2) is 36.5 Å². The summed E-state index contributed by atoms with van der Waals surface area (Å²) in [5.74, 6) is -0.0195. The number of rotatable bonds is 4. The monoisotopic (exact) mass is 270 g/mol. The Labute approximate surface area is 117 Å². The first-order valence-electron chi connectivity index (χ1n) is 6.83. The molecule has 2 aromatic rings. The predicted octanol–water partition coefficient (Wildman–Crippen LogP) is 2.29. The van der Waals surface area contributed by atoms with Crippen molar-refractivity contribution in [3.63, 3.8) is 0 Å². The molecule has 0 radical (unpaired) electrons. The molecule has 1 amide bonds. The molecule has 1 fully saturated rings. The highest BCUT2D eigenvalue weighted by Gasteiger charge is 2.34. The first kappa shape index (κ1) is 12.9. The highest BCUT2D eigenvalue weighted by Crippen LogP contribution is 2.32. The fraction of sp³-hybridized carbons (Fsp3) is 0.333. The van der Waals surface area contributed by atoms with E-state index in [0.717, 1.165) is 36.2 Å². The first-order valence-corrected chi connectivity index (χ1v) is 6.83. The third-order valence-electron chi connectivity index (χ3n) is 3.82. The number of aromatic nitrogens is 2. The molecule has 1 aliphatic rings. The van der Waals surface area contributed by atoms with Crippen LogP contribution in [0.1, 0.15) is 25.7 Å². The summed E-state index contributed by atoms with van der Waals surface area (Å²) in [7, 11) is 0. The van der Waals surface area contributed by atoms with Crippen molar-refractivity contribution in [2.24, 2.45) is 5.73 Å². The van der Waals surface area contributed by atoms with E-state index in [2.05, 4.69) is 15.5 Å². The van der Waals surface area contributed by atoms with E-state index < -0.39 is 0 Å². The van der Waals surface area contributed by atoms with E-state index >= 15 is 0 Å². The van der Waals surface area contributed by atoms with Crippen LogP contribution >= 0.6 is 0 Å². The third-order valence-corrected chi connectivity index (χ3v) is 3.82. The largest absolute Gasteiger partial charge is 0.326 e. The van der Waals surface area contributed by atoms with Crippen molar-refractivity contribution in [1.82, 2.24) is 10.2 Å². The fourth-order valence-electron chi connectivity index (χ4n) is 2.51. The standard InChI is InChI=1S/C15H18N4O/c16-15(6-2-7-15)10-14(20)18-12-4-1-3-11(9-12)13-5-8-17-19-13/h1,3-5,8-9H,2,6-7,10,16H2,(H,17,19)(H,18,20). The number of benzene rings is 1. The van der Waals surface area contributed by atoms with Crippen LogP contribution in [0.2, 0.25) is 0 Å². The number of nitrogens with zero attached hydrogens (tertiary/aromatic N) is 1. The number of H-pyrrole nitrogens is 1. The van der Waals surface area contributed by atoms with Crippen LogP contribution in [0.5, 0.6) is 0 Å². The van der Waals surface area contributed by atoms with Crippen LogP contribution < -0.4 is 11.1 Å². The zero-order valence-electron chi connectivity index (χ0n) is 11.2. The number of aromatic amines is 1. The Hall–Kier alpha value is -2.14. The van der Waals surface area contributed by atoms with Gasteiger partial charge < -0.3 is 11.1 Å². The van der Waals surface area contributed by atoms with Gasteiger partial charge in [-0.05, 0) is 37.5 Å². The SMILES string of the molecule is NC1(CC(=O)Nc2cccc(-c3ccn[nH]3)c2)CCC1. The van der Waals surface area contributed by atoms with Crippen LogP contribution in [-0.2, 0) is 4.79 Å². The van der Waals surface area contributed by atoms with Crippen LogP contribution in [0.25, 0.3) is 11.3 Å². The van der Waals surface area contributed by atoms with Crippen molar-refractivity contribution >= 4 is 11.6 Å². The second kappa shape index (κ2) is 5.09. The topological polar surface area (TPSA) is 83.8 Å². The molecule has 104 valence electrons. The van der Waals surface area contributed by atoms with Gasteiger partial charge in [0.1, 0.15) is 0 Å². The summed E-state index contributed by atoms with van der Waals surface area (Å²) in [6, 6.07) is 9.58. The van der Waals surface area contributed by atoms with Gasteiger partial charge in [-0.25, -0.2) is 0 Å². The summed E-state index contributed by atoms with van der Waals surface area (Å²) in [5.41, 5.74) is 8.50. The molecule has 1 aliphatic carbocycles. The van der Waals surface area contributed by atoms with Crippen molar-refractivity contribution in [1.29, 1.82) is 0 Å². The third kappa shape index (κ3) is 2.72. The van der Waals surface area contributed by atoms with Crippen molar-refractivity contribution in [3.05, 3.63) is 36.5 Å². The van der Waals surface area contributed by atoms with E-state index in [9.17, 15) is 4.79 Å². The van der Waals surface area contributed by atoms with Crippen LogP contribution in [0.3, 0.4) is 0 Å². The zero-order chi connectivity index (χ0) is 14.0. The molecule has 3 rings (SSSR count). The van der Waals surface area contributed by atoms with Gasteiger partial charge in [0.25, 0.3) is 0 Å². The lowest BCUT2D eigenvalue weighted by molar-refractivity contribution is -0.118. The molecule has 5 nitrogen and oxygen atoms in total. The lowest BCUT2D eigenvalue weighted by Crippen LogP contribution is -2.48. The number of hydrogen-bond acceptors (Lipinski definition) is 3. The molecule has 0 unspecified atom stereocenters. The minimum atomic E-state index is -0.287. The van der Waals surface area contributed by atoms with E-state index in [1.807, 2.05) is 30.3 Å². The normalized spacial score (nSPS) is 16.4. The van der Waals surface area contributed by atoms with Crippen molar-refractivity contribution in [2.45, 2.75) is 31.2 Å². The van der Waals surface area contributed by atoms with Gasteiger partial charge in [0.15, 0.2) is 0 Å². The lowest BCUT2D eigenvalue weighted by atomic mass is 9.75. The van der Waals surface area contributed by atoms with Gasteiger partial charge in [-0.15, -0.1) is 0 Å². The summed E-state index contributed by atoms with van der Waals surface area (Å²) < 4.78 is 0. The fourth-order valence-corrected chi connectivity index (χ4v) is 2.51. The molecule has 1 aromatic heterocycles. The molecular formula is C15H18N4O. The van der Waals surface area contributed by atoms with E-state index in [1.165, 1.54) is 0 Å². The molecule has 4 N–H and O–H groups in total. The van der Waals surface area contributed by atoms with Crippen molar-refractivity contribution < 1.29 is 4.79 Å². The number of hydrogen-bond donors (Lipinski definition) is 3. The number of nitrogens with two attached hydrogens (primary N) is 1. The second-order valence-corrected chi connectivity index (χ2v) is 5.49. The number of anilines is 1. The van der Waals surface area contributed by atoms with Gasteiger partial charge in [0.2, 0.25) is 5.91 Å². The summed E-state index contributed by atoms with van der Waals surface area (Å²) in [6.45, 7) is 0. The average Bonchev–Trinajstić information content (AvgIpc) is 2.91. The van der Waals surface area contributed by atoms with E-state index in [1.54, 1.807) is 6.20 Å². The maximum atomic E-state index is 12.0. The molecule has 0 spiro atoms. The molecule has 1 aromatic carbocycles. The van der Waals surface area contributed by atoms with Gasteiger partial charge in [0.05, 0.1) is 5.69 Å².